The minimum Gasteiger partial charge on any atom is -0.357 e. The standard InChI is InChI=1S/C19H18N4OS/c1-22-11-5-12-23(17(24)10-9-14-6-4-13-25-14)19-18(22)20-15-7-2-3-8-16(15)21-19/h2-4,6-10,13H,5,11-12H2,1H3/b10-9+. The Morgan fingerprint density at radius 2 is 1.84 bits per heavy atom. The number of para-hydroxylation sites is 2. The lowest BCUT2D eigenvalue weighted by atomic mass is 10.3. The Labute approximate surface area is 150 Å². The van der Waals surface area contributed by atoms with Crippen LogP contribution in [-0.2, 0) is 4.79 Å². The number of anilines is 2. The molecule has 0 saturated carbocycles. The fourth-order valence-corrected chi connectivity index (χ4v) is 3.56. The lowest BCUT2D eigenvalue weighted by Gasteiger charge is -2.21. The molecule has 0 bridgehead atoms. The summed E-state index contributed by atoms with van der Waals surface area (Å²) >= 11 is 1.61. The van der Waals surface area contributed by atoms with Crippen LogP contribution in [0.1, 0.15) is 11.3 Å². The molecule has 1 amide bonds. The molecule has 0 atom stereocenters. The van der Waals surface area contributed by atoms with E-state index in [4.69, 9.17) is 9.97 Å². The van der Waals surface area contributed by atoms with E-state index in [0.717, 1.165) is 34.7 Å². The molecular weight excluding hydrogens is 332 g/mol. The van der Waals surface area contributed by atoms with Gasteiger partial charge in [0.25, 0.3) is 5.91 Å². The molecular formula is C19H18N4OS. The van der Waals surface area contributed by atoms with Gasteiger partial charge in [-0.3, -0.25) is 9.69 Å². The Hall–Kier alpha value is -2.73. The van der Waals surface area contributed by atoms with E-state index in [1.165, 1.54) is 0 Å². The van der Waals surface area contributed by atoms with Gasteiger partial charge in [-0.05, 0) is 36.1 Å². The second kappa shape index (κ2) is 6.64. The second-order valence-electron chi connectivity index (χ2n) is 5.97. The number of thiophene rings is 1. The Balaban J connectivity index is 1.75. The number of nitrogens with zero attached hydrogens (tertiary/aromatic N) is 4. The predicted molar refractivity (Wildman–Crippen MR) is 103 cm³/mol. The van der Waals surface area contributed by atoms with E-state index in [1.807, 2.05) is 54.9 Å². The van der Waals surface area contributed by atoms with Crippen LogP contribution in [0.3, 0.4) is 0 Å². The minimum absolute atomic E-state index is 0.0606. The van der Waals surface area contributed by atoms with Crippen molar-refractivity contribution in [2.24, 2.45) is 0 Å². The molecule has 0 radical (unpaired) electrons. The molecule has 1 aliphatic rings. The van der Waals surface area contributed by atoms with Gasteiger partial charge in [0.1, 0.15) is 0 Å². The van der Waals surface area contributed by atoms with Gasteiger partial charge in [-0.1, -0.05) is 18.2 Å². The fraction of sp³-hybridized carbons (Fsp3) is 0.211. The third kappa shape index (κ3) is 3.13. The number of aromatic nitrogens is 2. The number of hydrogen-bond acceptors (Lipinski definition) is 5. The number of hydrogen-bond donors (Lipinski definition) is 0. The van der Waals surface area contributed by atoms with Crippen LogP contribution < -0.4 is 9.80 Å². The fourth-order valence-electron chi connectivity index (χ4n) is 2.94. The lowest BCUT2D eigenvalue weighted by molar-refractivity contribution is -0.114. The summed E-state index contributed by atoms with van der Waals surface area (Å²) in [5.74, 6) is 1.34. The molecule has 5 nitrogen and oxygen atoms in total. The van der Waals surface area contributed by atoms with Gasteiger partial charge in [0.05, 0.1) is 11.0 Å². The van der Waals surface area contributed by atoms with E-state index in [1.54, 1.807) is 22.3 Å². The zero-order valence-electron chi connectivity index (χ0n) is 13.9. The normalized spacial score (nSPS) is 14.8. The quantitative estimate of drug-likeness (QED) is 0.663. The molecule has 25 heavy (non-hydrogen) atoms. The van der Waals surface area contributed by atoms with E-state index in [-0.39, 0.29) is 5.91 Å². The molecule has 2 aromatic heterocycles. The molecule has 0 saturated heterocycles. The molecule has 1 aliphatic heterocycles. The summed E-state index contributed by atoms with van der Waals surface area (Å²) in [6, 6.07) is 11.7. The molecule has 0 spiro atoms. The van der Waals surface area contributed by atoms with Crippen molar-refractivity contribution < 1.29 is 4.79 Å². The Morgan fingerprint density at radius 3 is 2.56 bits per heavy atom. The number of carbonyl (C=O) groups excluding carboxylic acids is 1. The lowest BCUT2D eigenvalue weighted by Crippen LogP contribution is -2.30. The van der Waals surface area contributed by atoms with Gasteiger partial charge in [0, 0.05) is 31.1 Å². The molecule has 126 valence electrons. The summed E-state index contributed by atoms with van der Waals surface area (Å²) in [6.07, 6.45) is 4.36. The highest BCUT2D eigenvalue weighted by Gasteiger charge is 2.25. The highest BCUT2D eigenvalue weighted by molar-refractivity contribution is 7.10. The molecule has 6 heteroatoms. The predicted octanol–water partition coefficient (Wildman–Crippen LogP) is 3.58. The molecule has 3 heterocycles. The van der Waals surface area contributed by atoms with Gasteiger partial charge < -0.3 is 4.90 Å². The Morgan fingerprint density at radius 1 is 1.08 bits per heavy atom. The van der Waals surface area contributed by atoms with Crippen LogP contribution in [0.25, 0.3) is 17.1 Å². The molecule has 4 rings (SSSR count). The van der Waals surface area contributed by atoms with Crippen molar-refractivity contribution in [3.8, 4) is 0 Å². The first-order chi connectivity index (χ1) is 12.2. The van der Waals surface area contributed by atoms with Crippen LogP contribution >= 0.6 is 11.3 Å². The first-order valence-electron chi connectivity index (χ1n) is 8.23. The third-order valence-electron chi connectivity index (χ3n) is 4.23. The highest BCUT2D eigenvalue weighted by atomic mass is 32.1. The summed E-state index contributed by atoms with van der Waals surface area (Å²) in [5.41, 5.74) is 1.65. The average molecular weight is 350 g/mol. The van der Waals surface area contributed by atoms with Crippen LogP contribution in [0.5, 0.6) is 0 Å². The van der Waals surface area contributed by atoms with E-state index in [0.29, 0.717) is 12.4 Å². The smallest absolute Gasteiger partial charge is 0.252 e. The monoisotopic (exact) mass is 350 g/mol. The molecule has 3 aromatic rings. The van der Waals surface area contributed by atoms with Gasteiger partial charge in [-0.2, -0.15) is 0 Å². The number of fused-ring (bicyclic) bond motifs is 2. The number of carbonyl (C=O) groups is 1. The molecule has 0 N–H and O–H groups in total. The van der Waals surface area contributed by atoms with Crippen molar-refractivity contribution in [3.63, 3.8) is 0 Å². The average Bonchev–Trinajstić information content (AvgIpc) is 3.10. The first kappa shape index (κ1) is 15.8. The van der Waals surface area contributed by atoms with Crippen molar-refractivity contribution in [1.82, 2.24) is 9.97 Å². The zero-order chi connectivity index (χ0) is 17.2. The largest absolute Gasteiger partial charge is 0.357 e. The summed E-state index contributed by atoms with van der Waals surface area (Å²) in [6.45, 7) is 1.48. The summed E-state index contributed by atoms with van der Waals surface area (Å²) in [5, 5.41) is 2.00. The van der Waals surface area contributed by atoms with Gasteiger partial charge in [-0.15, -0.1) is 11.3 Å². The zero-order valence-corrected chi connectivity index (χ0v) is 14.7. The molecule has 0 fully saturated rings. The van der Waals surface area contributed by atoms with Gasteiger partial charge in [0.2, 0.25) is 0 Å². The van der Waals surface area contributed by atoms with Crippen LogP contribution in [0.15, 0.2) is 47.9 Å². The summed E-state index contributed by atoms with van der Waals surface area (Å²) < 4.78 is 0. The summed E-state index contributed by atoms with van der Waals surface area (Å²) in [7, 11) is 2.00. The Kier molecular flexibility index (Phi) is 4.19. The summed E-state index contributed by atoms with van der Waals surface area (Å²) in [4.78, 5) is 27.2. The van der Waals surface area contributed by atoms with Crippen molar-refractivity contribution in [3.05, 3.63) is 52.7 Å². The van der Waals surface area contributed by atoms with Crippen molar-refractivity contribution >= 4 is 46.0 Å². The van der Waals surface area contributed by atoms with Crippen molar-refractivity contribution in [2.45, 2.75) is 6.42 Å². The number of benzene rings is 1. The maximum atomic E-state index is 12.8. The Bertz CT molecular complexity index is 936. The van der Waals surface area contributed by atoms with Crippen molar-refractivity contribution in [2.75, 3.05) is 29.9 Å². The first-order valence-corrected chi connectivity index (χ1v) is 9.11. The highest BCUT2D eigenvalue weighted by Crippen LogP contribution is 2.30. The third-order valence-corrected chi connectivity index (χ3v) is 5.06. The second-order valence-corrected chi connectivity index (χ2v) is 6.95. The topological polar surface area (TPSA) is 49.3 Å². The van der Waals surface area contributed by atoms with Gasteiger partial charge >= 0.3 is 0 Å². The molecule has 0 unspecified atom stereocenters. The van der Waals surface area contributed by atoms with E-state index < -0.39 is 0 Å². The molecule has 0 aliphatic carbocycles. The number of amides is 1. The molecule has 1 aromatic carbocycles. The van der Waals surface area contributed by atoms with Gasteiger partial charge in [-0.25, -0.2) is 9.97 Å². The maximum Gasteiger partial charge on any atom is 0.252 e. The van der Waals surface area contributed by atoms with E-state index >= 15 is 0 Å². The SMILES string of the molecule is CN1CCCN(C(=O)/C=C/c2cccs2)c2nc3ccccc3nc21. The van der Waals surface area contributed by atoms with E-state index in [2.05, 4.69) is 4.90 Å². The van der Waals surface area contributed by atoms with Crippen LogP contribution in [0, 0.1) is 0 Å². The van der Waals surface area contributed by atoms with Crippen LogP contribution in [0.4, 0.5) is 11.6 Å². The van der Waals surface area contributed by atoms with Gasteiger partial charge in [0.15, 0.2) is 11.6 Å². The maximum absolute atomic E-state index is 12.8. The number of rotatable bonds is 2. The van der Waals surface area contributed by atoms with Crippen LogP contribution in [-0.4, -0.2) is 36.0 Å². The minimum atomic E-state index is -0.0606. The van der Waals surface area contributed by atoms with Crippen molar-refractivity contribution in [1.29, 1.82) is 0 Å². The van der Waals surface area contributed by atoms with Crippen LogP contribution in [0.2, 0.25) is 0 Å². The van der Waals surface area contributed by atoms with E-state index in [9.17, 15) is 4.79 Å².